The fourth-order valence-corrected chi connectivity index (χ4v) is 2.86. The van der Waals surface area contributed by atoms with Gasteiger partial charge in [0.15, 0.2) is 5.96 Å². The first kappa shape index (κ1) is 19.3. The van der Waals surface area contributed by atoms with Crippen molar-refractivity contribution in [2.45, 2.75) is 20.0 Å². The third-order valence-electron chi connectivity index (χ3n) is 2.75. The number of halogens is 3. The Morgan fingerprint density at radius 2 is 2.09 bits per heavy atom. The highest BCUT2D eigenvalue weighted by Crippen LogP contribution is 2.15. The van der Waals surface area contributed by atoms with Crippen LogP contribution in [-0.4, -0.2) is 18.0 Å². The van der Waals surface area contributed by atoms with Gasteiger partial charge in [-0.2, -0.15) is 0 Å². The van der Waals surface area contributed by atoms with Gasteiger partial charge in [-0.1, -0.05) is 15.9 Å². The van der Waals surface area contributed by atoms with Crippen molar-refractivity contribution in [2.24, 2.45) is 4.99 Å². The summed E-state index contributed by atoms with van der Waals surface area (Å²) in [5.74, 6) is 0.374. The maximum atomic E-state index is 13.6. The van der Waals surface area contributed by atoms with Crippen LogP contribution in [0, 0.1) is 12.7 Å². The molecule has 0 saturated carbocycles. The largest absolute Gasteiger partial charge is 0.352 e. The molecule has 0 amide bonds. The molecule has 120 valence electrons. The standard InChI is InChI=1S/C14H16BrFN4S.HI/c1-9-6-18-13(21-9)8-20-14(17-2)19-7-10-5-11(15)3-4-12(10)16;/h3-6H,7-8H2,1-2H3,(H2,17,19,20);1H. The predicted octanol–water partition coefficient (Wildman–Crippen LogP) is 3.84. The van der Waals surface area contributed by atoms with Crippen LogP contribution in [0.3, 0.4) is 0 Å². The van der Waals surface area contributed by atoms with Crippen molar-refractivity contribution in [3.05, 3.63) is 50.1 Å². The maximum Gasteiger partial charge on any atom is 0.191 e. The average molecular weight is 499 g/mol. The fraction of sp³-hybridized carbons (Fsp3) is 0.286. The molecule has 0 spiro atoms. The van der Waals surface area contributed by atoms with Crippen molar-refractivity contribution in [1.82, 2.24) is 15.6 Å². The number of thiazole rings is 1. The number of rotatable bonds is 4. The lowest BCUT2D eigenvalue weighted by molar-refractivity contribution is 0.604. The number of benzene rings is 1. The molecule has 0 bridgehead atoms. The van der Waals surface area contributed by atoms with Crippen LogP contribution in [0.2, 0.25) is 0 Å². The molecule has 2 rings (SSSR count). The molecule has 0 saturated heterocycles. The summed E-state index contributed by atoms with van der Waals surface area (Å²) in [6.45, 7) is 2.98. The quantitative estimate of drug-likeness (QED) is 0.382. The van der Waals surface area contributed by atoms with Crippen molar-refractivity contribution < 1.29 is 4.39 Å². The van der Waals surface area contributed by atoms with Crippen LogP contribution in [0.4, 0.5) is 4.39 Å². The summed E-state index contributed by atoms with van der Waals surface area (Å²) in [7, 11) is 1.68. The second kappa shape index (κ2) is 9.41. The second-order valence-electron chi connectivity index (χ2n) is 4.38. The monoisotopic (exact) mass is 498 g/mol. The van der Waals surface area contributed by atoms with Gasteiger partial charge in [-0.25, -0.2) is 9.37 Å². The summed E-state index contributed by atoms with van der Waals surface area (Å²) in [6.07, 6.45) is 1.84. The average Bonchev–Trinajstić information content (AvgIpc) is 2.88. The number of aliphatic imine (C=N–C) groups is 1. The molecule has 2 aromatic rings. The Bertz CT molecular complexity index is 648. The molecular formula is C14H17BrFIN4S. The Kier molecular flexibility index (Phi) is 8.26. The van der Waals surface area contributed by atoms with Crippen molar-refractivity contribution in [3.63, 3.8) is 0 Å². The van der Waals surface area contributed by atoms with E-state index in [9.17, 15) is 4.39 Å². The van der Waals surface area contributed by atoms with E-state index in [4.69, 9.17) is 0 Å². The van der Waals surface area contributed by atoms with E-state index >= 15 is 0 Å². The van der Waals surface area contributed by atoms with Gasteiger partial charge in [0.25, 0.3) is 0 Å². The van der Waals surface area contributed by atoms with E-state index in [0.717, 1.165) is 9.48 Å². The lowest BCUT2D eigenvalue weighted by Gasteiger charge is -2.11. The van der Waals surface area contributed by atoms with E-state index in [1.807, 2.05) is 13.1 Å². The number of hydrogen-bond donors (Lipinski definition) is 2. The van der Waals surface area contributed by atoms with Crippen LogP contribution < -0.4 is 10.6 Å². The van der Waals surface area contributed by atoms with E-state index < -0.39 is 0 Å². The third-order valence-corrected chi connectivity index (χ3v) is 4.16. The summed E-state index contributed by atoms with van der Waals surface area (Å²) in [6, 6.07) is 4.87. The Balaban J connectivity index is 0.00000242. The number of hydrogen-bond acceptors (Lipinski definition) is 3. The molecule has 1 aromatic heterocycles. The molecule has 0 aliphatic rings. The zero-order chi connectivity index (χ0) is 15.2. The molecule has 1 aromatic carbocycles. The minimum absolute atomic E-state index is 0. The molecule has 0 fully saturated rings. The molecule has 0 aliphatic carbocycles. The summed E-state index contributed by atoms with van der Waals surface area (Å²) in [4.78, 5) is 9.56. The van der Waals surface area contributed by atoms with Gasteiger partial charge in [0.1, 0.15) is 10.8 Å². The van der Waals surface area contributed by atoms with Gasteiger partial charge < -0.3 is 10.6 Å². The topological polar surface area (TPSA) is 49.3 Å². The molecule has 8 heteroatoms. The van der Waals surface area contributed by atoms with Gasteiger partial charge in [-0.05, 0) is 25.1 Å². The molecule has 2 N–H and O–H groups in total. The molecule has 4 nitrogen and oxygen atoms in total. The van der Waals surface area contributed by atoms with E-state index in [-0.39, 0.29) is 29.8 Å². The zero-order valence-corrected chi connectivity index (χ0v) is 16.9. The van der Waals surface area contributed by atoms with E-state index in [1.165, 1.54) is 10.9 Å². The minimum atomic E-state index is -0.239. The van der Waals surface area contributed by atoms with Crippen LogP contribution in [0.5, 0.6) is 0 Å². The van der Waals surface area contributed by atoms with Crippen molar-refractivity contribution in [3.8, 4) is 0 Å². The van der Waals surface area contributed by atoms with Gasteiger partial charge in [0, 0.05) is 34.7 Å². The lowest BCUT2D eigenvalue weighted by atomic mass is 10.2. The fourth-order valence-electron chi connectivity index (χ4n) is 1.72. The van der Waals surface area contributed by atoms with Crippen molar-refractivity contribution in [1.29, 1.82) is 0 Å². The summed E-state index contributed by atoms with van der Waals surface area (Å²) in [5.41, 5.74) is 0.581. The van der Waals surface area contributed by atoms with Crippen molar-refractivity contribution in [2.75, 3.05) is 7.05 Å². The number of nitrogens with one attached hydrogen (secondary N) is 2. The maximum absolute atomic E-state index is 13.6. The molecular weight excluding hydrogens is 482 g/mol. The van der Waals surface area contributed by atoms with Gasteiger partial charge in [0.05, 0.1) is 6.54 Å². The normalized spacial score (nSPS) is 11.0. The van der Waals surface area contributed by atoms with Crippen LogP contribution in [0.25, 0.3) is 0 Å². The highest BCUT2D eigenvalue weighted by molar-refractivity contribution is 14.0. The van der Waals surface area contributed by atoms with E-state index in [2.05, 4.69) is 36.5 Å². The van der Waals surface area contributed by atoms with E-state index in [1.54, 1.807) is 30.5 Å². The van der Waals surface area contributed by atoms with Crippen LogP contribution in [0.1, 0.15) is 15.4 Å². The van der Waals surface area contributed by atoms with Crippen LogP contribution in [-0.2, 0) is 13.1 Å². The molecule has 1 heterocycles. The molecule has 0 unspecified atom stereocenters. The lowest BCUT2D eigenvalue weighted by Crippen LogP contribution is -2.36. The van der Waals surface area contributed by atoms with Gasteiger partial charge in [0.2, 0.25) is 0 Å². The van der Waals surface area contributed by atoms with Crippen molar-refractivity contribution >= 4 is 57.2 Å². The second-order valence-corrected chi connectivity index (χ2v) is 6.61. The first-order valence-electron chi connectivity index (χ1n) is 6.38. The van der Waals surface area contributed by atoms with Crippen LogP contribution >= 0.6 is 51.2 Å². The molecule has 22 heavy (non-hydrogen) atoms. The van der Waals surface area contributed by atoms with Gasteiger partial charge in [-0.15, -0.1) is 35.3 Å². The number of nitrogens with zero attached hydrogens (tertiary/aromatic N) is 2. The predicted molar refractivity (Wildman–Crippen MR) is 103 cm³/mol. The third kappa shape index (κ3) is 5.81. The Labute approximate surface area is 158 Å². The number of aryl methyl sites for hydroxylation is 1. The molecule has 0 radical (unpaired) electrons. The van der Waals surface area contributed by atoms with Crippen LogP contribution in [0.15, 0.2) is 33.9 Å². The summed E-state index contributed by atoms with van der Waals surface area (Å²) >= 11 is 4.97. The Morgan fingerprint density at radius 3 is 2.73 bits per heavy atom. The van der Waals surface area contributed by atoms with Gasteiger partial charge in [-0.3, -0.25) is 4.99 Å². The SMILES string of the molecule is CN=C(NCc1ncc(C)s1)NCc1cc(Br)ccc1F.I. The molecule has 0 aliphatic heterocycles. The zero-order valence-electron chi connectivity index (χ0n) is 12.2. The van der Waals surface area contributed by atoms with Gasteiger partial charge >= 0.3 is 0 Å². The number of aromatic nitrogens is 1. The molecule has 0 atom stereocenters. The summed E-state index contributed by atoms with van der Waals surface area (Å²) < 4.78 is 14.5. The Morgan fingerprint density at radius 1 is 1.36 bits per heavy atom. The first-order valence-corrected chi connectivity index (χ1v) is 7.99. The van der Waals surface area contributed by atoms with E-state index in [0.29, 0.717) is 24.6 Å². The highest BCUT2D eigenvalue weighted by atomic mass is 127. The Hall–Kier alpha value is -0.740. The first-order chi connectivity index (χ1) is 10.1. The highest BCUT2D eigenvalue weighted by Gasteiger charge is 2.05. The summed E-state index contributed by atoms with van der Waals surface area (Å²) in [5, 5.41) is 7.23. The minimum Gasteiger partial charge on any atom is -0.352 e. The number of guanidine groups is 1. The smallest absolute Gasteiger partial charge is 0.191 e.